The van der Waals surface area contributed by atoms with Gasteiger partial charge in [-0.25, -0.2) is 4.39 Å². The molecular weight excluding hydrogens is 261 g/mol. The number of hydrogen-bond acceptors (Lipinski definition) is 1. The minimum absolute atomic E-state index is 0.136. The summed E-state index contributed by atoms with van der Waals surface area (Å²) in [7, 11) is 0. The number of nitrogens with one attached hydrogen (secondary N) is 1. The molecule has 0 aliphatic heterocycles. The monoisotopic (exact) mass is 267 g/mol. The molecular formula is C11H7BrFNO. The van der Waals surface area contributed by atoms with Gasteiger partial charge in [0, 0.05) is 28.0 Å². The van der Waals surface area contributed by atoms with Crippen LogP contribution in [0, 0.1) is 5.82 Å². The van der Waals surface area contributed by atoms with Crippen LogP contribution in [0.5, 0.6) is 0 Å². The summed E-state index contributed by atoms with van der Waals surface area (Å²) in [4.78, 5) is 14.7. The van der Waals surface area contributed by atoms with E-state index in [0.717, 1.165) is 0 Å². The summed E-state index contributed by atoms with van der Waals surface area (Å²) in [6.07, 6.45) is 3.28. The first-order valence-corrected chi connectivity index (χ1v) is 5.10. The lowest BCUT2D eigenvalue weighted by molar-refractivity contribution is 0.103. The predicted molar refractivity (Wildman–Crippen MR) is 58.3 cm³/mol. The Morgan fingerprint density at radius 1 is 1.33 bits per heavy atom. The van der Waals surface area contributed by atoms with Crippen molar-refractivity contribution in [1.82, 2.24) is 4.98 Å². The van der Waals surface area contributed by atoms with E-state index in [9.17, 15) is 9.18 Å². The van der Waals surface area contributed by atoms with Crippen molar-refractivity contribution in [3.63, 3.8) is 0 Å². The van der Waals surface area contributed by atoms with Crippen LogP contribution in [0.1, 0.15) is 15.9 Å². The van der Waals surface area contributed by atoms with Crippen molar-refractivity contribution in [2.24, 2.45) is 0 Å². The molecule has 0 radical (unpaired) electrons. The van der Waals surface area contributed by atoms with Gasteiger partial charge in [-0.3, -0.25) is 4.79 Å². The number of halogens is 2. The molecule has 0 amide bonds. The largest absolute Gasteiger partial charge is 0.367 e. The Hall–Kier alpha value is -1.42. The van der Waals surface area contributed by atoms with Crippen molar-refractivity contribution in [2.75, 3.05) is 0 Å². The molecule has 1 N–H and O–H groups in total. The van der Waals surface area contributed by atoms with Gasteiger partial charge in [-0.1, -0.05) is 0 Å². The number of aromatic nitrogens is 1. The number of carbonyl (C=O) groups excluding carboxylic acids is 1. The quantitative estimate of drug-likeness (QED) is 0.834. The number of carbonyl (C=O) groups is 1. The van der Waals surface area contributed by atoms with Gasteiger partial charge in [-0.15, -0.1) is 0 Å². The maximum absolute atomic E-state index is 12.8. The minimum atomic E-state index is -0.368. The highest BCUT2D eigenvalue weighted by atomic mass is 79.9. The molecule has 0 spiro atoms. The summed E-state index contributed by atoms with van der Waals surface area (Å²) >= 11 is 3.16. The second kappa shape index (κ2) is 3.98. The van der Waals surface area contributed by atoms with Gasteiger partial charge in [0.2, 0.25) is 0 Å². The molecule has 15 heavy (non-hydrogen) atoms. The van der Waals surface area contributed by atoms with Gasteiger partial charge in [0.15, 0.2) is 5.78 Å². The smallest absolute Gasteiger partial charge is 0.195 e. The number of H-pyrrole nitrogens is 1. The van der Waals surface area contributed by atoms with Crippen molar-refractivity contribution in [2.45, 2.75) is 0 Å². The Labute approximate surface area is 94.3 Å². The van der Waals surface area contributed by atoms with Gasteiger partial charge in [0.25, 0.3) is 0 Å². The van der Waals surface area contributed by atoms with Crippen molar-refractivity contribution in [3.8, 4) is 0 Å². The SMILES string of the molecule is O=C(c1cc[nH]c1)c1ccc(F)cc1Br. The molecule has 1 aromatic heterocycles. The molecule has 4 heteroatoms. The maximum atomic E-state index is 12.8. The van der Waals surface area contributed by atoms with Crippen LogP contribution in [-0.2, 0) is 0 Å². The van der Waals surface area contributed by atoms with Crippen molar-refractivity contribution >= 4 is 21.7 Å². The second-order valence-electron chi connectivity index (χ2n) is 3.05. The van der Waals surface area contributed by atoms with Gasteiger partial charge < -0.3 is 4.98 Å². The summed E-state index contributed by atoms with van der Waals surface area (Å²) in [5.41, 5.74) is 1.01. The average molecular weight is 268 g/mol. The molecule has 1 heterocycles. The maximum Gasteiger partial charge on any atom is 0.195 e. The van der Waals surface area contributed by atoms with Gasteiger partial charge in [-0.2, -0.15) is 0 Å². The standard InChI is InChI=1S/C11H7BrFNO/c12-10-5-8(13)1-2-9(10)11(15)7-3-4-14-6-7/h1-6,14H. The van der Waals surface area contributed by atoms with Gasteiger partial charge in [0.05, 0.1) is 0 Å². The van der Waals surface area contributed by atoms with E-state index in [-0.39, 0.29) is 11.6 Å². The van der Waals surface area contributed by atoms with Crippen LogP contribution in [0.3, 0.4) is 0 Å². The third-order valence-corrected chi connectivity index (χ3v) is 2.69. The van der Waals surface area contributed by atoms with E-state index >= 15 is 0 Å². The molecule has 0 unspecified atom stereocenters. The van der Waals surface area contributed by atoms with E-state index in [4.69, 9.17) is 0 Å². The molecule has 0 bridgehead atoms. The van der Waals surface area contributed by atoms with Crippen molar-refractivity contribution in [3.05, 3.63) is 58.1 Å². The van der Waals surface area contributed by atoms with E-state index in [2.05, 4.69) is 20.9 Å². The lowest BCUT2D eigenvalue weighted by Crippen LogP contribution is -2.01. The highest BCUT2D eigenvalue weighted by Crippen LogP contribution is 2.20. The Morgan fingerprint density at radius 3 is 2.73 bits per heavy atom. The van der Waals surface area contributed by atoms with Crippen LogP contribution in [0.25, 0.3) is 0 Å². The van der Waals surface area contributed by atoms with Crippen LogP contribution in [-0.4, -0.2) is 10.8 Å². The number of hydrogen-bond donors (Lipinski definition) is 1. The first kappa shape index (κ1) is 10.1. The van der Waals surface area contributed by atoms with E-state index < -0.39 is 0 Å². The van der Waals surface area contributed by atoms with E-state index in [1.807, 2.05) is 0 Å². The Balaban J connectivity index is 2.42. The first-order valence-electron chi connectivity index (χ1n) is 4.31. The van der Waals surface area contributed by atoms with Crippen LogP contribution in [0.4, 0.5) is 4.39 Å². The Kier molecular flexibility index (Phi) is 2.68. The highest BCUT2D eigenvalue weighted by molar-refractivity contribution is 9.10. The normalized spacial score (nSPS) is 10.3. The minimum Gasteiger partial charge on any atom is -0.367 e. The third kappa shape index (κ3) is 1.99. The third-order valence-electron chi connectivity index (χ3n) is 2.04. The summed E-state index contributed by atoms with van der Waals surface area (Å²) in [6.45, 7) is 0. The zero-order valence-corrected chi connectivity index (χ0v) is 9.21. The molecule has 0 aliphatic carbocycles. The molecule has 2 aromatic rings. The zero-order chi connectivity index (χ0) is 10.8. The zero-order valence-electron chi connectivity index (χ0n) is 7.63. The highest BCUT2D eigenvalue weighted by Gasteiger charge is 2.12. The number of ketones is 1. The lowest BCUT2D eigenvalue weighted by Gasteiger charge is -2.01. The number of aromatic amines is 1. The number of rotatable bonds is 2. The van der Waals surface area contributed by atoms with Crippen LogP contribution in [0.2, 0.25) is 0 Å². The van der Waals surface area contributed by atoms with Crippen LogP contribution >= 0.6 is 15.9 Å². The van der Waals surface area contributed by atoms with Gasteiger partial charge >= 0.3 is 0 Å². The van der Waals surface area contributed by atoms with Gasteiger partial charge in [-0.05, 0) is 40.2 Å². The van der Waals surface area contributed by atoms with Crippen molar-refractivity contribution in [1.29, 1.82) is 0 Å². The van der Waals surface area contributed by atoms with Crippen molar-refractivity contribution < 1.29 is 9.18 Å². The van der Waals surface area contributed by atoms with E-state index in [1.54, 1.807) is 18.5 Å². The molecule has 1 aromatic carbocycles. The van der Waals surface area contributed by atoms with Crippen LogP contribution < -0.4 is 0 Å². The molecule has 0 saturated carbocycles. The molecule has 0 saturated heterocycles. The van der Waals surface area contributed by atoms with E-state index in [0.29, 0.717) is 15.6 Å². The fraction of sp³-hybridized carbons (Fsp3) is 0. The molecule has 2 rings (SSSR count). The Morgan fingerprint density at radius 2 is 2.13 bits per heavy atom. The molecule has 0 aliphatic rings. The average Bonchev–Trinajstić information content (AvgIpc) is 2.69. The lowest BCUT2D eigenvalue weighted by atomic mass is 10.1. The Bertz CT molecular complexity index is 493. The van der Waals surface area contributed by atoms with Gasteiger partial charge in [0.1, 0.15) is 5.82 Å². The molecule has 2 nitrogen and oxygen atoms in total. The topological polar surface area (TPSA) is 32.9 Å². The summed E-state index contributed by atoms with van der Waals surface area (Å²) in [6, 6.07) is 5.69. The summed E-state index contributed by atoms with van der Waals surface area (Å²) < 4.78 is 13.3. The fourth-order valence-electron chi connectivity index (χ4n) is 1.29. The second-order valence-corrected chi connectivity index (χ2v) is 3.91. The number of benzene rings is 1. The van der Waals surface area contributed by atoms with E-state index in [1.165, 1.54) is 18.2 Å². The summed E-state index contributed by atoms with van der Waals surface area (Å²) in [5.74, 6) is -0.504. The summed E-state index contributed by atoms with van der Waals surface area (Å²) in [5, 5.41) is 0. The molecule has 0 atom stereocenters. The molecule has 0 fully saturated rings. The predicted octanol–water partition coefficient (Wildman–Crippen LogP) is 3.15. The van der Waals surface area contributed by atoms with Crippen LogP contribution in [0.15, 0.2) is 41.1 Å². The first-order chi connectivity index (χ1) is 7.18. The molecule has 76 valence electrons. The fourth-order valence-corrected chi connectivity index (χ4v) is 1.83.